The molecule has 158 valence electrons. The van der Waals surface area contributed by atoms with Gasteiger partial charge in [-0.15, -0.1) is 0 Å². The Labute approximate surface area is 168 Å². The zero-order valence-corrected chi connectivity index (χ0v) is 16.4. The molecule has 1 fully saturated rings. The van der Waals surface area contributed by atoms with Crippen LogP contribution < -0.4 is 0 Å². The maximum Gasteiger partial charge on any atom is 0.306 e. The van der Waals surface area contributed by atoms with E-state index >= 15 is 0 Å². The van der Waals surface area contributed by atoms with Gasteiger partial charge in [0.25, 0.3) is 0 Å². The van der Waals surface area contributed by atoms with E-state index in [0.717, 1.165) is 18.6 Å². The number of carbonyl (C=O) groups is 1. The number of benzene rings is 1. The Hall–Kier alpha value is -2.39. The van der Waals surface area contributed by atoms with Crippen molar-refractivity contribution in [3.05, 3.63) is 48.1 Å². The largest absolute Gasteiger partial charge is 0.462 e. The molecule has 1 aliphatic heterocycles. The van der Waals surface area contributed by atoms with Crippen LogP contribution in [-0.4, -0.2) is 56.5 Å². The lowest BCUT2D eigenvalue weighted by atomic mass is 9.91. The van der Waals surface area contributed by atoms with E-state index in [1.807, 2.05) is 11.8 Å². The number of aromatic nitrogens is 3. The third-order valence-corrected chi connectivity index (χ3v) is 5.09. The van der Waals surface area contributed by atoms with Crippen LogP contribution in [0.5, 0.6) is 0 Å². The topological polar surface area (TPSA) is 80.5 Å². The van der Waals surface area contributed by atoms with Gasteiger partial charge in [-0.1, -0.05) is 13.0 Å². The van der Waals surface area contributed by atoms with Gasteiger partial charge in [-0.25, -0.2) is 18.4 Å². The Morgan fingerprint density at radius 1 is 1.31 bits per heavy atom. The molecule has 9 heteroatoms. The maximum absolute atomic E-state index is 14.5. The van der Waals surface area contributed by atoms with E-state index in [2.05, 4.69) is 10.1 Å². The number of ether oxygens (including phenoxy) is 1. The zero-order chi connectivity index (χ0) is 20.9. The summed E-state index contributed by atoms with van der Waals surface area (Å²) < 4.78 is 34.7. The van der Waals surface area contributed by atoms with Crippen molar-refractivity contribution in [3.8, 4) is 0 Å². The summed E-state index contributed by atoms with van der Waals surface area (Å²) in [6, 6.07) is 3.16. The molecule has 0 spiro atoms. The summed E-state index contributed by atoms with van der Waals surface area (Å²) in [4.78, 5) is 17.5. The van der Waals surface area contributed by atoms with Crippen molar-refractivity contribution in [1.82, 2.24) is 19.7 Å². The van der Waals surface area contributed by atoms with Gasteiger partial charge in [-0.05, 0) is 25.3 Å². The van der Waals surface area contributed by atoms with E-state index in [0.29, 0.717) is 32.4 Å². The third kappa shape index (κ3) is 5.57. The smallest absolute Gasteiger partial charge is 0.306 e. The number of β-amino-alcohol motifs (C(OH)–C–C–N with tert-alkyl or cyclic N) is 1. The Kier molecular flexibility index (Phi) is 6.92. The average Bonchev–Trinajstić information content (AvgIpc) is 3.16. The minimum atomic E-state index is -1.63. The van der Waals surface area contributed by atoms with Gasteiger partial charge in [0.05, 0.1) is 6.54 Å². The quantitative estimate of drug-likeness (QED) is 0.675. The standard InChI is InChI=1S/C20H26F2N4O3/c1-2-3-19(27)29-16-6-8-25(9-7-16)11-20(28,12-26-14-23-13-24-26)17-5-4-15(21)10-18(17)22/h4-5,10,13-14,16,28H,2-3,6-9,11-12H2,1H3. The Morgan fingerprint density at radius 2 is 2.07 bits per heavy atom. The van der Waals surface area contributed by atoms with E-state index < -0.39 is 17.2 Å². The molecule has 1 N–H and O–H groups in total. The summed E-state index contributed by atoms with van der Waals surface area (Å²) in [6.45, 7) is 3.21. The fraction of sp³-hybridized carbons (Fsp3) is 0.550. The second-order valence-electron chi connectivity index (χ2n) is 7.46. The fourth-order valence-corrected chi connectivity index (χ4v) is 3.67. The van der Waals surface area contributed by atoms with Crippen LogP contribution in [0.15, 0.2) is 30.9 Å². The second-order valence-corrected chi connectivity index (χ2v) is 7.46. The van der Waals surface area contributed by atoms with Crippen LogP contribution in [0, 0.1) is 11.6 Å². The lowest BCUT2D eigenvalue weighted by Crippen LogP contribution is -2.48. The first-order chi connectivity index (χ1) is 13.9. The molecular weight excluding hydrogens is 382 g/mol. The predicted molar refractivity (Wildman–Crippen MR) is 101 cm³/mol. The van der Waals surface area contributed by atoms with E-state index in [9.17, 15) is 18.7 Å². The summed E-state index contributed by atoms with van der Waals surface area (Å²) in [7, 11) is 0. The number of hydrogen-bond donors (Lipinski definition) is 1. The number of rotatable bonds is 8. The summed E-state index contributed by atoms with van der Waals surface area (Å²) >= 11 is 0. The number of piperidine rings is 1. The number of likely N-dealkylation sites (tertiary alicyclic amines) is 1. The molecular formula is C20H26F2N4O3. The summed E-state index contributed by atoms with van der Waals surface area (Å²) in [5.74, 6) is -1.71. The zero-order valence-electron chi connectivity index (χ0n) is 16.4. The van der Waals surface area contributed by atoms with Crippen molar-refractivity contribution >= 4 is 5.97 Å². The first-order valence-corrected chi connectivity index (χ1v) is 9.82. The highest BCUT2D eigenvalue weighted by molar-refractivity contribution is 5.69. The van der Waals surface area contributed by atoms with Gasteiger partial charge in [-0.2, -0.15) is 5.10 Å². The second kappa shape index (κ2) is 9.41. The first kappa shape index (κ1) is 21.3. The monoisotopic (exact) mass is 408 g/mol. The number of esters is 1. The van der Waals surface area contributed by atoms with Gasteiger partial charge < -0.3 is 9.84 Å². The highest BCUT2D eigenvalue weighted by atomic mass is 19.1. The van der Waals surface area contributed by atoms with Gasteiger partial charge in [-0.3, -0.25) is 9.69 Å². The van der Waals surface area contributed by atoms with E-state index in [1.165, 1.54) is 23.4 Å². The molecule has 0 bridgehead atoms. The Bertz CT molecular complexity index is 810. The predicted octanol–water partition coefficient (Wildman–Crippen LogP) is 2.25. The van der Waals surface area contributed by atoms with Crippen molar-refractivity contribution in [2.24, 2.45) is 0 Å². The van der Waals surface area contributed by atoms with Crippen molar-refractivity contribution in [2.75, 3.05) is 19.6 Å². The Morgan fingerprint density at radius 3 is 2.69 bits per heavy atom. The highest BCUT2D eigenvalue weighted by Crippen LogP contribution is 2.29. The van der Waals surface area contributed by atoms with Crippen LogP contribution in [0.25, 0.3) is 0 Å². The van der Waals surface area contributed by atoms with Gasteiger partial charge >= 0.3 is 5.97 Å². The van der Waals surface area contributed by atoms with Crippen LogP contribution >= 0.6 is 0 Å². The molecule has 0 saturated carbocycles. The van der Waals surface area contributed by atoms with Crippen LogP contribution in [0.4, 0.5) is 8.78 Å². The lowest BCUT2D eigenvalue weighted by molar-refractivity contribution is -0.151. The molecule has 1 saturated heterocycles. The maximum atomic E-state index is 14.5. The SMILES string of the molecule is CCCC(=O)OC1CCN(CC(O)(Cn2cncn2)c2ccc(F)cc2F)CC1. The Balaban J connectivity index is 1.70. The minimum absolute atomic E-state index is 0.00546. The molecule has 0 radical (unpaired) electrons. The summed E-state index contributed by atoms with van der Waals surface area (Å²) in [5, 5.41) is 15.4. The van der Waals surface area contributed by atoms with Crippen molar-refractivity contribution in [1.29, 1.82) is 0 Å². The number of nitrogens with zero attached hydrogens (tertiary/aromatic N) is 4. The summed E-state index contributed by atoms with van der Waals surface area (Å²) in [6.07, 6.45) is 5.05. The third-order valence-electron chi connectivity index (χ3n) is 5.09. The molecule has 0 amide bonds. The number of aliphatic hydroxyl groups is 1. The van der Waals surface area contributed by atoms with E-state index in [1.54, 1.807) is 0 Å². The molecule has 7 nitrogen and oxygen atoms in total. The molecule has 1 unspecified atom stereocenters. The molecule has 1 aromatic carbocycles. The molecule has 0 aliphatic carbocycles. The molecule has 1 atom stereocenters. The highest BCUT2D eigenvalue weighted by Gasteiger charge is 2.37. The normalized spacial score (nSPS) is 17.8. The molecule has 2 aromatic rings. The molecule has 1 aliphatic rings. The minimum Gasteiger partial charge on any atom is -0.462 e. The fourth-order valence-electron chi connectivity index (χ4n) is 3.67. The van der Waals surface area contributed by atoms with Gasteiger partial charge in [0.2, 0.25) is 0 Å². The molecule has 3 rings (SSSR count). The number of halogens is 2. The van der Waals surface area contributed by atoms with Crippen LogP contribution in [-0.2, 0) is 21.7 Å². The number of hydrogen-bond acceptors (Lipinski definition) is 6. The van der Waals surface area contributed by atoms with Gasteiger partial charge in [0, 0.05) is 37.7 Å². The van der Waals surface area contributed by atoms with Gasteiger partial charge in [0.15, 0.2) is 0 Å². The summed E-state index contributed by atoms with van der Waals surface area (Å²) in [5.41, 5.74) is -1.62. The lowest BCUT2D eigenvalue weighted by Gasteiger charge is -2.38. The van der Waals surface area contributed by atoms with Crippen LogP contribution in [0.1, 0.15) is 38.2 Å². The molecule has 29 heavy (non-hydrogen) atoms. The number of carbonyl (C=O) groups excluding carboxylic acids is 1. The van der Waals surface area contributed by atoms with Crippen LogP contribution in [0.2, 0.25) is 0 Å². The first-order valence-electron chi connectivity index (χ1n) is 9.82. The average molecular weight is 408 g/mol. The molecule has 1 aromatic heterocycles. The van der Waals surface area contributed by atoms with Crippen LogP contribution in [0.3, 0.4) is 0 Å². The van der Waals surface area contributed by atoms with E-state index in [-0.39, 0.29) is 30.7 Å². The van der Waals surface area contributed by atoms with Crippen molar-refractivity contribution in [3.63, 3.8) is 0 Å². The van der Waals surface area contributed by atoms with Crippen molar-refractivity contribution in [2.45, 2.75) is 50.9 Å². The van der Waals surface area contributed by atoms with Gasteiger partial charge in [0.1, 0.15) is 36.0 Å². The molecule has 2 heterocycles. The van der Waals surface area contributed by atoms with E-state index in [4.69, 9.17) is 4.74 Å². The van der Waals surface area contributed by atoms with Crippen molar-refractivity contribution < 1.29 is 23.4 Å².